The standard InChI is InChI=1S/C27H28N2O2S/c1-19-15-25(30-14-4-12-28)16-20(2)27(19)23-6-3-5-21(17-23)18-31-24-9-7-22(8-10-24)26-11-13-29-32-26/h3,5-11,13,15-17H,4,12,14,18,28H2,1-2H3. The zero-order valence-electron chi connectivity index (χ0n) is 18.5. The maximum Gasteiger partial charge on any atom is 0.119 e. The normalized spacial score (nSPS) is 10.8. The monoisotopic (exact) mass is 444 g/mol. The summed E-state index contributed by atoms with van der Waals surface area (Å²) in [7, 11) is 0. The van der Waals surface area contributed by atoms with Gasteiger partial charge in [0.2, 0.25) is 0 Å². The largest absolute Gasteiger partial charge is 0.494 e. The second-order valence-corrected chi connectivity index (χ2v) is 8.65. The fraction of sp³-hybridized carbons (Fsp3) is 0.222. The van der Waals surface area contributed by atoms with Crippen molar-refractivity contribution in [2.75, 3.05) is 13.2 Å². The molecule has 0 aliphatic carbocycles. The van der Waals surface area contributed by atoms with Gasteiger partial charge in [-0.15, -0.1) is 0 Å². The van der Waals surface area contributed by atoms with Crippen molar-refractivity contribution in [2.24, 2.45) is 5.73 Å². The predicted molar refractivity (Wildman–Crippen MR) is 132 cm³/mol. The molecular weight excluding hydrogens is 416 g/mol. The van der Waals surface area contributed by atoms with Crippen LogP contribution in [0.4, 0.5) is 0 Å². The summed E-state index contributed by atoms with van der Waals surface area (Å²) in [5.74, 6) is 1.76. The molecule has 0 bridgehead atoms. The fourth-order valence-electron chi connectivity index (χ4n) is 3.80. The van der Waals surface area contributed by atoms with Crippen LogP contribution in [0.2, 0.25) is 0 Å². The van der Waals surface area contributed by atoms with Gasteiger partial charge in [0.1, 0.15) is 18.1 Å². The number of benzene rings is 3. The quantitative estimate of drug-likeness (QED) is 0.303. The van der Waals surface area contributed by atoms with Gasteiger partial charge in [0.25, 0.3) is 0 Å². The van der Waals surface area contributed by atoms with E-state index in [4.69, 9.17) is 15.2 Å². The summed E-state index contributed by atoms with van der Waals surface area (Å²) in [5.41, 5.74) is 12.7. The van der Waals surface area contributed by atoms with E-state index in [1.807, 2.05) is 24.4 Å². The van der Waals surface area contributed by atoms with Crippen molar-refractivity contribution in [3.05, 3.63) is 89.6 Å². The number of nitrogens with zero attached hydrogens (tertiary/aromatic N) is 1. The van der Waals surface area contributed by atoms with Crippen LogP contribution in [0.3, 0.4) is 0 Å². The van der Waals surface area contributed by atoms with Gasteiger partial charge < -0.3 is 15.2 Å². The summed E-state index contributed by atoms with van der Waals surface area (Å²) in [6.07, 6.45) is 2.68. The van der Waals surface area contributed by atoms with E-state index in [1.165, 1.54) is 33.8 Å². The first kappa shape index (κ1) is 22.1. The molecule has 164 valence electrons. The minimum absolute atomic E-state index is 0.520. The average Bonchev–Trinajstić information content (AvgIpc) is 3.33. The van der Waals surface area contributed by atoms with Crippen LogP contribution in [0, 0.1) is 13.8 Å². The van der Waals surface area contributed by atoms with E-state index in [2.05, 4.69) is 66.8 Å². The van der Waals surface area contributed by atoms with Gasteiger partial charge in [-0.3, -0.25) is 0 Å². The molecule has 5 heteroatoms. The number of ether oxygens (including phenoxy) is 2. The lowest BCUT2D eigenvalue weighted by atomic mass is 9.94. The van der Waals surface area contributed by atoms with E-state index in [0.29, 0.717) is 19.8 Å². The maximum absolute atomic E-state index is 6.05. The van der Waals surface area contributed by atoms with E-state index in [9.17, 15) is 0 Å². The summed E-state index contributed by atoms with van der Waals surface area (Å²) >= 11 is 1.50. The molecule has 3 aromatic carbocycles. The van der Waals surface area contributed by atoms with Gasteiger partial charge in [0, 0.05) is 6.20 Å². The van der Waals surface area contributed by atoms with Gasteiger partial charge in [0.15, 0.2) is 0 Å². The minimum Gasteiger partial charge on any atom is -0.494 e. The Labute approximate surface area is 193 Å². The lowest BCUT2D eigenvalue weighted by Crippen LogP contribution is -2.06. The van der Waals surface area contributed by atoms with Crippen LogP contribution in [-0.2, 0) is 6.61 Å². The highest BCUT2D eigenvalue weighted by Gasteiger charge is 2.10. The van der Waals surface area contributed by atoms with Crippen LogP contribution in [0.15, 0.2) is 72.9 Å². The molecule has 0 spiro atoms. The molecular formula is C27H28N2O2S. The van der Waals surface area contributed by atoms with Gasteiger partial charge in [-0.1, -0.05) is 18.2 Å². The number of rotatable bonds is 9. The third-order valence-corrected chi connectivity index (χ3v) is 6.12. The second kappa shape index (κ2) is 10.4. The molecule has 0 aliphatic rings. The SMILES string of the molecule is Cc1cc(OCCCN)cc(C)c1-c1cccc(COc2ccc(-c3ccns3)cc2)c1. The Bertz CT molecular complexity index is 1130. The number of nitrogens with two attached hydrogens (primary N) is 1. The smallest absolute Gasteiger partial charge is 0.119 e. The molecule has 0 fully saturated rings. The lowest BCUT2D eigenvalue weighted by molar-refractivity contribution is 0.306. The maximum atomic E-state index is 6.05. The Hall–Kier alpha value is -3.15. The molecule has 4 nitrogen and oxygen atoms in total. The first-order valence-corrected chi connectivity index (χ1v) is 11.6. The van der Waals surface area contributed by atoms with Crippen LogP contribution in [0.25, 0.3) is 21.6 Å². The molecule has 0 radical (unpaired) electrons. The van der Waals surface area contributed by atoms with Crippen LogP contribution < -0.4 is 15.2 Å². The molecule has 1 aromatic heterocycles. The number of aryl methyl sites for hydroxylation is 2. The second-order valence-electron chi connectivity index (χ2n) is 7.81. The topological polar surface area (TPSA) is 57.4 Å². The summed E-state index contributed by atoms with van der Waals surface area (Å²) in [5, 5.41) is 0. The first-order valence-electron chi connectivity index (χ1n) is 10.8. The molecule has 0 atom stereocenters. The number of aromatic nitrogens is 1. The molecule has 4 rings (SSSR count). The summed E-state index contributed by atoms with van der Waals surface area (Å²) in [6, 6.07) is 22.9. The number of hydrogen-bond donors (Lipinski definition) is 1. The van der Waals surface area contributed by atoms with E-state index in [0.717, 1.165) is 33.9 Å². The molecule has 0 amide bonds. The van der Waals surface area contributed by atoms with Crippen LogP contribution >= 0.6 is 11.5 Å². The van der Waals surface area contributed by atoms with E-state index in [-0.39, 0.29) is 0 Å². The Morgan fingerprint density at radius 1 is 0.844 bits per heavy atom. The fourth-order valence-corrected chi connectivity index (χ4v) is 4.40. The Balaban J connectivity index is 1.45. The Kier molecular flexibility index (Phi) is 7.20. The van der Waals surface area contributed by atoms with Crippen LogP contribution in [0.1, 0.15) is 23.1 Å². The Morgan fingerprint density at radius 3 is 2.31 bits per heavy atom. The van der Waals surface area contributed by atoms with Crippen LogP contribution in [-0.4, -0.2) is 17.5 Å². The number of hydrogen-bond acceptors (Lipinski definition) is 5. The van der Waals surface area contributed by atoms with Gasteiger partial charge in [0.05, 0.1) is 11.5 Å². The van der Waals surface area contributed by atoms with E-state index in [1.54, 1.807) is 0 Å². The van der Waals surface area contributed by atoms with Gasteiger partial charge in [-0.25, -0.2) is 4.37 Å². The third-order valence-electron chi connectivity index (χ3n) is 5.32. The minimum atomic E-state index is 0.520. The lowest BCUT2D eigenvalue weighted by Gasteiger charge is -2.15. The van der Waals surface area contributed by atoms with Gasteiger partial charge >= 0.3 is 0 Å². The van der Waals surface area contributed by atoms with Crippen molar-refractivity contribution >= 4 is 11.5 Å². The zero-order valence-corrected chi connectivity index (χ0v) is 19.3. The molecule has 4 aromatic rings. The molecule has 0 saturated carbocycles. The van der Waals surface area contributed by atoms with Crippen molar-refractivity contribution in [1.82, 2.24) is 4.37 Å². The van der Waals surface area contributed by atoms with Crippen molar-refractivity contribution in [3.8, 4) is 33.1 Å². The molecule has 0 saturated heterocycles. The Morgan fingerprint density at radius 2 is 1.62 bits per heavy atom. The van der Waals surface area contributed by atoms with Crippen molar-refractivity contribution in [3.63, 3.8) is 0 Å². The van der Waals surface area contributed by atoms with E-state index >= 15 is 0 Å². The molecule has 2 N–H and O–H groups in total. The van der Waals surface area contributed by atoms with Gasteiger partial charge in [-0.2, -0.15) is 0 Å². The van der Waals surface area contributed by atoms with E-state index < -0.39 is 0 Å². The van der Waals surface area contributed by atoms with Crippen molar-refractivity contribution in [1.29, 1.82) is 0 Å². The van der Waals surface area contributed by atoms with Gasteiger partial charge in [-0.05, 0) is 120 Å². The molecule has 32 heavy (non-hydrogen) atoms. The van der Waals surface area contributed by atoms with Crippen molar-refractivity contribution < 1.29 is 9.47 Å². The molecule has 0 unspecified atom stereocenters. The molecule has 1 heterocycles. The molecule has 0 aliphatic heterocycles. The van der Waals surface area contributed by atoms with Crippen LogP contribution in [0.5, 0.6) is 11.5 Å². The summed E-state index contributed by atoms with van der Waals surface area (Å²) < 4.78 is 16.0. The third kappa shape index (κ3) is 5.36. The summed E-state index contributed by atoms with van der Waals surface area (Å²) in [4.78, 5) is 1.16. The highest BCUT2D eigenvalue weighted by molar-refractivity contribution is 7.09. The average molecular weight is 445 g/mol. The zero-order chi connectivity index (χ0) is 22.3. The highest BCUT2D eigenvalue weighted by atomic mass is 32.1. The van der Waals surface area contributed by atoms with Crippen molar-refractivity contribution in [2.45, 2.75) is 26.9 Å². The summed E-state index contributed by atoms with van der Waals surface area (Å²) in [6.45, 7) is 6.07. The first-order chi connectivity index (χ1) is 15.6. The predicted octanol–water partition coefficient (Wildman–Crippen LogP) is 6.40. The highest BCUT2D eigenvalue weighted by Crippen LogP contribution is 2.32.